The molecular formula is C7H10O2S2. The molecule has 0 heterocycles. The number of carbonyl (C=O) groups excluding carboxylic acids is 2. The molecule has 0 amide bonds. The molecular weight excluding hydrogens is 180 g/mol. The SMILES string of the molecule is C=CSCC(=O)CC(=O)SC. The van der Waals surface area contributed by atoms with Crippen LogP contribution in [0.5, 0.6) is 0 Å². The zero-order valence-corrected chi connectivity index (χ0v) is 7.96. The first kappa shape index (κ1) is 10.8. The number of rotatable bonds is 5. The molecule has 0 radical (unpaired) electrons. The minimum absolute atomic E-state index is 0.0331. The summed E-state index contributed by atoms with van der Waals surface area (Å²) in [6.07, 6.45) is 1.72. The molecule has 0 saturated carbocycles. The quantitative estimate of drug-likeness (QED) is 0.618. The molecule has 0 fully saturated rings. The van der Waals surface area contributed by atoms with Gasteiger partial charge in [-0.2, -0.15) is 0 Å². The molecule has 0 atom stereocenters. The largest absolute Gasteiger partial charge is 0.298 e. The Morgan fingerprint density at radius 1 is 1.55 bits per heavy atom. The van der Waals surface area contributed by atoms with Crippen LogP contribution in [-0.4, -0.2) is 22.9 Å². The molecule has 0 saturated heterocycles. The predicted molar refractivity (Wildman–Crippen MR) is 50.8 cm³/mol. The van der Waals surface area contributed by atoms with E-state index < -0.39 is 0 Å². The van der Waals surface area contributed by atoms with Crippen LogP contribution in [0.15, 0.2) is 12.0 Å². The van der Waals surface area contributed by atoms with E-state index in [2.05, 4.69) is 6.58 Å². The highest BCUT2D eigenvalue weighted by atomic mass is 32.2. The van der Waals surface area contributed by atoms with E-state index in [-0.39, 0.29) is 17.3 Å². The van der Waals surface area contributed by atoms with Crippen LogP contribution in [-0.2, 0) is 9.59 Å². The number of hydrogen-bond donors (Lipinski definition) is 0. The van der Waals surface area contributed by atoms with Gasteiger partial charge >= 0.3 is 0 Å². The fraction of sp³-hybridized carbons (Fsp3) is 0.429. The third kappa shape index (κ3) is 6.19. The number of hydrogen-bond acceptors (Lipinski definition) is 4. The molecule has 0 unspecified atom stereocenters. The van der Waals surface area contributed by atoms with Crippen LogP contribution in [0.25, 0.3) is 0 Å². The van der Waals surface area contributed by atoms with Crippen LogP contribution < -0.4 is 0 Å². The molecule has 0 aliphatic carbocycles. The normalized spacial score (nSPS) is 9.18. The van der Waals surface area contributed by atoms with Crippen LogP contribution in [0.3, 0.4) is 0 Å². The van der Waals surface area contributed by atoms with E-state index in [0.29, 0.717) is 5.75 Å². The van der Waals surface area contributed by atoms with Gasteiger partial charge < -0.3 is 0 Å². The Labute approximate surface area is 74.8 Å². The molecule has 0 aromatic heterocycles. The molecule has 0 aromatic rings. The van der Waals surface area contributed by atoms with Gasteiger partial charge in [0.2, 0.25) is 0 Å². The van der Waals surface area contributed by atoms with Crippen LogP contribution in [0, 0.1) is 0 Å². The number of carbonyl (C=O) groups is 2. The molecule has 0 aliphatic rings. The van der Waals surface area contributed by atoms with Crippen molar-refractivity contribution in [3.05, 3.63) is 12.0 Å². The smallest absolute Gasteiger partial charge is 0.196 e. The van der Waals surface area contributed by atoms with E-state index in [1.54, 1.807) is 11.7 Å². The zero-order chi connectivity index (χ0) is 8.69. The van der Waals surface area contributed by atoms with E-state index in [1.165, 1.54) is 11.8 Å². The Bertz CT molecular complexity index is 166. The lowest BCUT2D eigenvalue weighted by atomic mass is 10.3. The second-order valence-corrected chi connectivity index (χ2v) is 3.59. The minimum Gasteiger partial charge on any atom is -0.298 e. The summed E-state index contributed by atoms with van der Waals surface area (Å²) < 4.78 is 0. The lowest BCUT2D eigenvalue weighted by Crippen LogP contribution is -2.05. The van der Waals surface area contributed by atoms with Gasteiger partial charge in [0.15, 0.2) is 10.9 Å². The highest BCUT2D eigenvalue weighted by Gasteiger charge is 2.06. The Morgan fingerprint density at radius 2 is 2.18 bits per heavy atom. The van der Waals surface area contributed by atoms with Gasteiger partial charge in [-0.3, -0.25) is 9.59 Å². The summed E-state index contributed by atoms with van der Waals surface area (Å²) in [6.45, 7) is 3.45. The summed E-state index contributed by atoms with van der Waals surface area (Å²) in [5.41, 5.74) is 0. The summed E-state index contributed by atoms with van der Waals surface area (Å²) in [4.78, 5) is 21.6. The molecule has 62 valence electrons. The lowest BCUT2D eigenvalue weighted by Gasteiger charge is -1.94. The van der Waals surface area contributed by atoms with Crippen LogP contribution in [0.1, 0.15) is 6.42 Å². The summed E-state index contributed by atoms with van der Waals surface area (Å²) in [7, 11) is 0. The lowest BCUT2D eigenvalue weighted by molar-refractivity contribution is -0.121. The standard InChI is InChI=1S/C7H10O2S2/c1-3-11-5-6(8)4-7(9)10-2/h3H,1,4-5H2,2H3. The van der Waals surface area contributed by atoms with Crippen molar-refractivity contribution in [1.29, 1.82) is 0 Å². The molecule has 0 N–H and O–H groups in total. The van der Waals surface area contributed by atoms with Crippen molar-refractivity contribution >= 4 is 34.4 Å². The molecule has 11 heavy (non-hydrogen) atoms. The van der Waals surface area contributed by atoms with Gasteiger partial charge in [-0.1, -0.05) is 18.3 Å². The topological polar surface area (TPSA) is 34.1 Å². The highest BCUT2D eigenvalue weighted by Crippen LogP contribution is 2.05. The van der Waals surface area contributed by atoms with Gasteiger partial charge in [0, 0.05) is 0 Å². The van der Waals surface area contributed by atoms with Crippen LogP contribution in [0.4, 0.5) is 0 Å². The molecule has 0 aliphatic heterocycles. The van der Waals surface area contributed by atoms with Crippen LogP contribution in [0.2, 0.25) is 0 Å². The predicted octanol–water partition coefficient (Wildman–Crippen LogP) is 1.71. The van der Waals surface area contributed by atoms with E-state index in [9.17, 15) is 9.59 Å². The van der Waals surface area contributed by atoms with Gasteiger partial charge in [0.25, 0.3) is 0 Å². The number of thioether (sulfide) groups is 2. The first-order chi connectivity index (χ1) is 5.20. The van der Waals surface area contributed by atoms with E-state index >= 15 is 0 Å². The number of ketones is 1. The van der Waals surface area contributed by atoms with Gasteiger partial charge in [0.05, 0.1) is 12.2 Å². The minimum atomic E-state index is -0.0698. The Kier molecular flexibility index (Phi) is 6.36. The maximum atomic E-state index is 10.9. The fourth-order valence-corrected chi connectivity index (χ4v) is 1.15. The molecule has 0 spiro atoms. The second-order valence-electron chi connectivity index (χ2n) is 1.77. The molecule has 0 bridgehead atoms. The summed E-state index contributed by atoms with van der Waals surface area (Å²) >= 11 is 2.41. The molecule has 2 nitrogen and oxygen atoms in total. The average molecular weight is 190 g/mol. The maximum Gasteiger partial charge on any atom is 0.196 e. The van der Waals surface area contributed by atoms with Crippen molar-refractivity contribution in [2.75, 3.05) is 12.0 Å². The third-order valence-electron chi connectivity index (χ3n) is 0.931. The van der Waals surface area contributed by atoms with E-state index in [1.807, 2.05) is 0 Å². The van der Waals surface area contributed by atoms with Gasteiger partial charge in [-0.15, -0.1) is 11.8 Å². The van der Waals surface area contributed by atoms with Crippen molar-refractivity contribution in [3.8, 4) is 0 Å². The van der Waals surface area contributed by atoms with Gasteiger partial charge in [0.1, 0.15) is 0 Å². The zero-order valence-electron chi connectivity index (χ0n) is 6.33. The Hall–Kier alpha value is -0.220. The Morgan fingerprint density at radius 3 is 2.64 bits per heavy atom. The van der Waals surface area contributed by atoms with Crippen molar-refractivity contribution in [3.63, 3.8) is 0 Å². The summed E-state index contributed by atoms with van der Waals surface area (Å²) in [6, 6.07) is 0. The molecule has 0 rings (SSSR count). The Balaban J connectivity index is 3.51. The van der Waals surface area contributed by atoms with Crippen molar-refractivity contribution < 1.29 is 9.59 Å². The van der Waals surface area contributed by atoms with Crippen molar-refractivity contribution in [2.24, 2.45) is 0 Å². The van der Waals surface area contributed by atoms with Crippen molar-refractivity contribution in [2.45, 2.75) is 6.42 Å². The second kappa shape index (κ2) is 6.49. The fourth-order valence-electron chi connectivity index (χ4n) is 0.436. The molecule has 4 heteroatoms. The molecule has 0 aromatic carbocycles. The van der Waals surface area contributed by atoms with Gasteiger partial charge in [-0.25, -0.2) is 0 Å². The monoisotopic (exact) mass is 190 g/mol. The highest BCUT2D eigenvalue weighted by molar-refractivity contribution is 8.13. The van der Waals surface area contributed by atoms with E-state index in [4.69, 9.17) is 0 Å². The summed E-state index contributed by atoms with van der Waals surface area (Å²) in [5.74, 6) is 0.324. The van der Waals surface area contributed by atoms with E-state index in [0.717, 1.165) is 11.8 Å². The number of Topliss-reactive ketones (excluding diaryl/α,β-unsaturated/α-hetero) is 1. The average Bonchev–Trinajstić information content (AvgIpc) is 2.00. The maximum absolute atomic E-state index is 10.9. The van der Waals surface area contributed by atoms with Gasteiger partial charge in [-0.05, 0) is 11.7 Å². The summed E-state index contributed by atoms with van der Waals surface area (Å²) in [5, 5.41) is 1.53. The third-order valence-corrected chi connectivity index (χ3v) is 2.26. The van der Waals surface area contributed by atoms with Crippen LogP contribution >= 0.6 is 23.5 Å². The first-order valence-electron chi connectivity index (χ1n) is 3.01. The van der Waals surface area contributed by atoms with Crippen molar-refractivity contribution in [1.82, 2.24) is 0 Å². The first-order valence-corrected chi connectivity index (χ1v) is 5.29.